The van der Waals surface area contributed by atoms with E-state index in [-0.39, 0.29) is 6.61 Å². The highest BCUT2D eigenvalue weighted by molar-refractivity contribution is 5.94. The SMILES string of the molecule is C[C@H](NC(=O)[C@H](CC(N)=O)NC(=O)[C@@H](N)COC(C)(C)C)C(=O)OC(C)(C)C. The highest BCUT2D eigenvalue weighted by atomic mass is 16.6. The molecule has 10 nitrogen and oxygen atoms in total. The lowest BCUT2D eigenvalue weighted by molar-refractivity contribution is -0.158. The van der Waals surface area contributed by atoms with Gasteiger partial charge in [0.2, 0.25) is 17.7 Å². The molecule has 0 rings (SSSR count). The second kappa shape index (κ2) is 10.4. The van der Waals surface area contributed by atoms with Crippen molar-refractivity contribution in [3.05, 3.63) is 0 Å². The first kappa shape index (κ1) is 25.8. The summed E-state index contributed by atoms with van der Waals surface area (Å²) in [7, 11) is 0. The summed E-state index contributed by atoms with van der Waals surface area (Å²) in [5.74, 6) is -2.89. The number of rotatable bonds is 9. The number of primary amides is 1. The van der Waals surface area contributed by atoms with Crippen LogP contribution in [0.2, 0.25) is 0 Å². The van der Waals surface area contributed by atoms with Crippen LogP contribution in [0, 0.1) is 0 Å². The summed E-state index contributed by atoms with van der Waals surface area (Å²) in [6.07, 6.45) is -0.453. The Morgan fingerprint density at radius 3 is 1.89 bits per heavy atom. The van der Waals surface area contributed by atoms with Crippen LogP contribution in [0.5, 0.6) is 0 Å². The normalized spacial score (nSPS) is 15.1. The highest BCUT2D eigenvalue weighted by Crippen LogP contribution is 2.09. The minimum Gasteiger partial charge on any atom is -0.458 e. The van der Waals surface area contributed by atoms with E-state index in [1.807, 2.05) is 0 Å². The van der Waals surface area contributed by atoms with Crippen LogP contribution < -0.4 is 22.1 Å². The Hall–Kier alpha value is -2.20. The van der Waals surface area contributed by atoms with Crippen LogP contribution >= 0.6 is 0 Å². The molecule has 0 unspecified atom stereocenters. The van der Waals surface area contributed by atoms with E-state index in [0.717, 1.165) is 0 Å². The topological polar surface area (TPSA) is 163 Å². The molecule has 6 N–H and O–H groups in total. The number of carbonyl (C=O) groups excluding carboxylic acids is 4. The van der Waals surface area contributed by atoms with E-state index in [4.69, 9.17) is 20.9 Å². The molecule has 0 aromatic rings. The number of esters is 1. The van der Waals surface area contributed by atoms with Crippen molar-refractivity contribution in [2.24, 2.45) is 11.5 Å². The van der Waals surface area contributed by atoms with Crippen molar-refractivity contribution in [2.45, 2.75) is 84.2 Å². The Balaban J connectivity index is 4.96. The van der Waals surface area contributed by atoms with Gasteiger partial charge in [-0.15, -0.1) is 0 Å². The molecule has 0 saturated carbocycles. The zero-order valence-corrected chi connectivity index (χ0v) is 17.8. The number of nitrogens with one attached hydrogen (secondary N) is 2. The molecular formula is C18H34N4O6. The molecular weight excluding hydrogens is 368 g/mol. The van der Waals surface area contributed by atoms with E-state index < -0.39 is 59.4 Å². The lowest BCUT2D eigenvalue weighted by atomic mass is 10.1. The van der Waals surface area contributed by atoms with Gasteiger partial charge < -0.3 is 31.6 Å². The molecule has 0 radical (unpaired) electrons. The number of amides is 3. The van der Waals surface area contributed by atoms with Crippen molar-refractivity contribution in [1.29, 1.82) is 0 Å². The first-order valence-corrected chi connectivity index (χ1v) is 9.03. The molecule has 0 fully saturated rings. The van der Waals surface area contributed by atoms with E-state index in [1.165, 1.54) is 6.92 Å². The van der Waals surface area contributed by atoms with Crippen molar-refractivity contribution in [3.63, 3.8) is 0 Å². The lowest BCUT2D eigenvalue weighted by Gasteiger charge is -2.25. The molecule has 0 aromatic carbocycles. The van der Waals surface area contributed by atoms with Crippen LogP contribution in [-0.4, -0.2) is 59.6 Å². The summed E-state index contributed by atoms with van der Waals surface area (Å²) in [5.41, 5.74) is 9.70. The Morgan fingerprint density at radius 1 is 0.929 bits per heavy atom. The molecule has 3 atom stereocenters. The third kappa shape index (κ3) is 11.5. The summed E-state index contributed by atoms with van der Waals surface area (Å²) < 4.78 is 10.6. The Morgan fingerprint density at radius 2 is 1.46 bits per heavy atom. The Labute approximate surface area is 166 Å². The third-order valence-corrected chi connectivity index (χ3v) is 3.19. The highest BCUT2D eigenvalue weighted by Gasteiger charge is 2.29. The quantitative estimate of drug-likeness (QED) is 0.372. The monoisotopic (exact) mass is 402 g/mol. The van der Waals surface area contributed by atoms with Gasteiger partial charge in [-0.25, -0.2) is 4.79 Å². The van der Waals surface area contributed by atoms with Crippen LogP contribution in [0.1, 0.15) is 54.9 Å². The Bertz CT molecular complexity index is 580. The standard InChI is InChI=1S/C18H34N4O6/c1-10(16(26)28-18(5,6)7)21-15(25)12(8-13(20)23)22-14(24)11(19)9-27-17(2,3)4/h10-12H,8-9,19H2,1-7H3,(H2,20,23)(H,21,25)(H,22,24)/t10-,11-,12-/m0/s1. The molecule has 0 bridgehead atoms. The van der Waals surface area contributed by atoms with Crippen LogP contribution in [0.25, 0.3) is 0 Å². The first-order valence-electron chi connectivity index (χ1n) is 9.03. The van der Waals surface area contributed by atoms with Crippen molar-refractivity contribution in [2.75, 3.05) is 6.61 Å². The van der Waals surface area contributed by atoms with Crippen LogP contribution in [0.15, 0.2) is 0 Å². The number of hydrogen-bond donors (Lipinski definition) is 4. The maximum absolute atomic E-state index is 12.4. The van der Waals surface area contributed by atoms with Crippen molar-refractivity contribution in [3.8, 4) is 0 Å². The summed E-state index contributed by atoms with van der Waals surface area (Å²) in [6, 6.07) is -3.32. The molecule has 0 aliphatic carbocycles. The van der Waals surface area contributed by atoms with E-state index in [0.29, 0.717) is 0 Å². The summed E-state index contributed by atoms with van der Waals surface area (Å²) in [4.78, 5) is 47.9. The summed E-state index contributed by atoms with van der Waals surface area (Å²) >= 11 is 0. The maximum atomic E-state index is 12.4. The van der Waals surface area contributed by atoms with Gasteiger partial charge in [0.1, 0.15) is 23.7 Å². The van der Waals surface area contributed by atoms with Gasteiger partial charge in [0.15, 0.2) is 0 Å². The second-order valence-electron chi connectivity index (χ2n) is 8.53. The molecule has 0 saturated heterocycles. The van der Waals surface area contributed by atoms with Crippen LogP contribution in [0.3, 0.4) is 0 Å². The minimum absolute atomic E-state index is 0.0748. The number of hydrogen-bond acceptors (Lipinski definition) is 7. The molecule has 0 aliphatic heterocycles. The number of nitrogens with two attached hydrogens (primary N) is 2. The van der Waals surface area contributed by atoms with Crippen molar-refractivity contribution in [1.82, 2.24) is 10.6 Å². The fraction of sp³-hybridized carbons (Fsp3) is 0.778. The molecule has 3 amide bonds. The predicted molar refractivity (Wildman–Crippen MR) is 103 cm³/mol. The van der Waals surface area contributed by atoms with Gasteiger partial charge in [0.05, 0.1) is 18.6 Å². The van der Waals surface area contributed by atoms with Crippen molar-refractivity contribution < 1.29 is 28.7 Å². The average molecular weight is 402 g/mol. The van der Waals surface area contributed by atoms with Crippen LogP contribution in [0.4, 0.5) is 0 Å². The molecule has 0 aromatic heterocycles. The number of carbonyl (C=O) groups is 4. The van der Waals surface area contributed by atoms with E-state index in [2.05, 4.69) is 10.6 Å². The van der Waals surface area contributed by atoms with E-state index in [9.17, 15) is 19.2 Å². The fourth-order valence-corrected chi connectivity index (χ4v) is 1.87. The summed E-state index contributed by atoms with van der Waals surface area (Å²) in [6.45, 7) is 11.8. The first-order chi connectivity index (χ1) is 12.5. The maximum Gasteiger partial charge on any atom is 0.328 e. The minimum atomic E-state index is -1.28. The van der Waals surface area contributed by atoms with Gasteiger partial charge in [-0.3, -0.25) is 14.4 Å². The largest absolute Gasteiger partial charge is 0.458 e. The predicted octanol–water partition coefficient (Wildman–Crippen LogP) is -0.665. The van der Waals surface area contributed by atoms with Gasteiger partial charge in [-0.05, 0) is 48.5 Å². The van der Waals surface area contributed by atoms with Gasteiger partial charge in [-0.1, -0.05) is 0 Å². The third-order valence-electron chi connectivity index (χ3n) is 3.19. The van der Waals surface area contributed by atoms with Gasteiger partial charge in [-0.2, -0.15) is 0 Å². The lowest BCUT2D eigenvalue weighted by Crippen LogP contribution is -2.56. The fourth-order valence-electron chi connectivity index (χ4n) is 1.87. The van der Waals surface area contributed by atoms with Gasteiger partial charge in [0, 0.05) is 0 Å². The molecule has 28 heavy (non-hydrogen) atoms. The number of ether oxygens (including phenoxy) is 2. The molecule has 0 heterocycles. The smallest absolute Gasteiger partial charge is 0.328 e. The Kier molecular flexibility index (Phi) is 9.56. The van der Waals surface area contributed by atoms with Gasteiger partial charge >= 0.3 is 5.97 Å². The molecule has 162 valence electrons. The van der Waals surface area contributed by atoms with Gasteiger partial charge in [0.25, 0.3) is 0 Å². The van der Waals surface area contributed by atoms with Crippen molar-refractivity contribution >= 4 is 23.7 Å². The van der Waals surface area contributed by atoms with E-state index >= 15 is 0 Å². The second-order valence-corrected chi connectivity index (χ2v) is 8.53. The zero-order chi connectivity index (χ0) is 22.3. The molecule has 10 heteroatoms. The summed E-state index contributed by atoms with van der Waals surface area (Å²) in [5, 5.41) is 4.77. The molecule has 0 aliphatic rings. The van der Waals surface area contributed by atoms with Crippen LogP contribution in [-0.2, 0) is 28.7 Å². The molecule has 0 spiro atoms. The zero-order valence-electron chi connectivity index (χ0n) is 17.8. The van der Waals surface area contributed by atoms with E-state index in [1.54, 1.807) is 41.5 Å². The average Bonchev–Trinajstić information content (AvgIpc) is 2.48.